The van der Waals surface area contributed by atoms with Crippen LogP contribution in [-0.4, -0.2) is 46.0 Å². The molecule has 0 aromatic rings. The summed E-state index contributed by atoms with van der Waals surface area (Å²) in [5, 5.41) is 21.3. The van der Waals surface area contributed by atoms with Gasteiger partial charge in [0.15, 0.2) is 18.0 Å². The molecule has 0 spiro atoms. The summed E-state index contributed by atoms with van der Waals surface area (Å²) in [4.78, 5) is 70.6. The van der Waals surface area contributed by atoms with Gasteiger partial charge in [0.05, 0.1) is 0 Å². The predicted molar refractivity (Wildman–Crippen MR) is 121 cm³/mol. The van der Waals surface area contributed by atoms with Gasteiger partial charge < -0.3 is 9.57 Å². The molecule has 7 atom stereocenters. The first-order valence-electron chi connectivity index (χ1n) is 12.0. The molecule has 0 N–H and O–H groups in total. The molecule has 196 valence electrons. The van der Waals surface area contributed by atoms with Gasteiger partial charge in [0.1, 0.15) is 6.10 Å². The van der Waals surface area contributed by atoms with Gasteiger partial charge in [0.25, 0.3) is 10.2 Å². The Morgan fingerprint density at radius 3 is 2.50 bits per heavy atom. The van der Waals surface area contributed by atoms with Crippen molar-refractivity contribution in [1.82, 2.24) is 0 Å². The molecule has 0 heterocycles. The van der Waals surface area contributed by atoms with Crippen LogP contribution in [0.5, 0.6) is 0 Å². The highest BCUT2D eigenvalue weighted by Crippen LogP contribution is 2.69. The number of rotatable bonds is 7. The first-order chi connectivity index (χ1) is 16.7. The number of esters is 1. The van der Waals surface area contributed by atoms with E-state index in [9.17, 15) is 34.6 Å². The lowest BCUT2D eigenvalue weighted by atomic mass is 9.44. The summed E-state index contributed by atoms with van der Waals surface area (Å²) in [5.41, 5.74) is -2.28. The summed E-state index contributed by atoms with van der Waals surface area (Å²) < 4.78 is 4.88. The van der Waals surface area contributed by atoms with Crippen molar-refractivity contribution >= 4 is 17.5 Å². The largest absolute Gasteiger partial charge is 0.458 e. The molecule has 4 aliphatic rings. The lowest BCUT2D eigenvalue weighted by Crippen LogP contribution is -2.64. The second-order valence-corrected chi connectivity index (χ2v) is 10.9. The number of allylic oxidation sites excluding steroid dienone is 2. The summed E-state index contributed by atoms with van der Waals surface area (Å²) in [7, 11) is 0. The third kappa shape index (κ3) is 3.77. The van der Waals surface area contributed by atoms with Crippen LogP contribution in [0.3, 0.4) is 0 Å². The van der Waals surface area contributed by atoms with Gasteiger partial charge in [-0.2, -0.15) is 0 Å². The quantitative estimate of drug-likeness (QED) is 0.285. The highest BCUT2D eigenvalue weighted by molar-refractivity contribution is 5.93. The van der Waals surface area contributed by atoms with Gasteiger partial charge in [-0.15, -0.1) is 20.2 Å². The van der Waals surface area contributed by atoms with Gasteiger partial charge in [0, 0.05) is 18.8 Å². The van der Waals surface area contributed by atoms with E-state index in [4.69, 9.17) is 14.4 Å². The van der Waals surface area contributed by atoms with Crippen molar-refractivity contribution in [3.63, 3.8) is 0 Å². The number of carbonyl (C=O) groups is 3. The molecule has 0 saturated heterocycles. The first kappa shape index (κ1) is 25.8. The van der Waals surface area contributed by atoms with Crippen molar-refractivity contribution in [2.45, 2.75) is 71.0 Å². The highest BCUT2D eigenvalue weighted by atomic mass is 17.0. The van der Waals surface area contributed by atoms with Crippen LogP contribution in [0, 0.1) is 48.8 Å². The lowest BCUT2D eigenvalue weighted by molar-refractivity contribution is -0.784. The fourth-order valence-corrected chi connectivity index (χ4v) is 7.93. The summed E-state index contributed by atoms with van der Waals surface area (Å²) in [6, 6.07) is 0. The Balaban J connectivity index is 1.83. The molecule has 0 aromatic carbocycles. The maximum absolute atomic E-state index is 13.4. The average Bonchev–Trinajstić information content (AvgIpc) is 3.05. The number of Topliss-reactive ketones (excluding diaryl/α,β-unsaturated/α-hetero) is 1. The molecule has 0 aliphatic heterocycles. The molecule has 0 bridgehead atoms. The van der Waals surface area contributed by atoms with E-state index in [1.165, 1.54) is 0 Å². The fraction of sp³-hybridized carbons (Fsp3) is 0.708. The van der Waals surface area contributed by atoms with E-state index in [0.717, 1.165) is 18.1 Å². The van der Waals surface area contributed by atoms with Gasteiger partial charge in [-0.05, 0) is 66.9 Å². The Hall–Kier alpha value is -3.31. The van der Waals surface area contributed by atoms with Gasteiger partial charge in [-0.1, -0.05) is 26.0 Å². The van der Waals surface area contributed by atoms with Crippen LogP contribution in [0.15, 0.2) is 23.8 Å². The Labute approximate surface area is 207 Å². The summed E-state index contributed by atoms with van der Waals surface area (Å²) in [6.45, 7) is 8.25. The van der Waals surface area contributed by atoms with E-state index in [-0.39, 0.29) is 36.4 Å². The molecule has 12 nitrogen and oxygen atoms in total. The standard InChI is InChI=1S/C24H30N2O10/c1-13-9-16-17-6-8-24(36-26(32)33,20(29)12-34-14(2)27)23(17,4)11-19(35-25(30)31)21(16)22(3)7-5-15(28)10-18(13)22/h10,16-17,19,21H,1,5-9,11-12H2,2-4H3/t16-,17-,19-,21+,22-,23-,24-/m0/s1. The summed E-state index contributed by atoms with van der Waals surface area (Å²) >= 11 is 0. The normalized spacial score (nSPS) is 39.1. The van der Waals surface area contributed by atoms with Crippen molar-refractivity contribution in [1.29, 1.82) is 0 Å². The van der Waals surface area contributed by atoms with Crippen molar-refractivity contribution in [2.75, 3.05) is 6.61 Å². The Kier molecular flexibility index (Phi) is 6.20. The molecule has 0 radical (unpaired) electrons. The molecule has 0 unspecified atom stereocenters. The molecule has 3 fully saturated rings. The highest BCUT2D eigenvalue weighted by Gasteiger charge is 2.71. The minimum absolute atomic E-state index is 0.00593. The molecule has 4 aliphatic carbocycles. The van der Waals surface area contributed by atoms with Crippen LogP contribution < -0.4 is 0 Å². The van der Waals surface area contributed by atoms with Gasteiger partial charge in [-0.3, -0.25) is 19.2 Å². The topological polar surface area (TPSA) is 165 Å². The van der Waals surface area contributed by atoms with Gasteiger partial charge in [-0.25, -0.2) is 0 Å². The molecular weight excluding hydrogens is 476 g/mol. The van der Waals surface area contributed by atoms with E-state index in [1.807, 2.05) is 6.92 Å². The Morgan fingerprint density at radius 1 is 1.19 bits per heavy atom. The number of hydrogen-bond donors (Lipinski definition) is 0. The van der Waals surface area contributed by atoms with Gasteiger partial charge >= 0.3 is 5.97 Å². The zero-order chi connectivity index (χ0) is 26.6. The Morgan fingerprint density at radius 2 is 1.89 bits per heavy atom. The second kappa shape index (κ2) is 8.67. The number of ketones is 2. The number of nitrogens with zero attached hydrogens (tertiary/aromatic N) is 2. The van der Waals surface area contributed by atoms with Crippen LogP contribution in [0.1, 0.15) is 59.3 Å². The lowest BCUT2D eigenvalue weighted by Gasteiger charge is -2.61. The van der Waals surface area contributed by atoms with E-state index >= 15 is 0 Å². The van der Waals surface area contributed by atoms with E-state index in [2.05, 4.69) is 6.58 Å². The molecule has 36 heavy (non-hydrogen) atoms. The predicted octanol–water partition coefficient (Wildman–Crippen LogP) is 2.95. The molecular formula is C24H30N2O10. The van der Waals surface area contributed by atoms with E-state index in [1.54, 1.807) is 13.0 Å². The van der Waals surface area contributed by atoms with Crippen LogP contribution in [0.25, 0.3) is 0 Å². The zero-order valence-corrected chi connectivity index (χ0v) is 20.5. The monoisotopic (exact) mass is 506 g/mol. The number of carbonyl (C=O) groups excluding carboxylic acids is 3. The SMILES string of the molecule is C=C1C[C@@H]2[C@H]([C@@H](O[N+](=O)[O-])C[C@@]3(C)[C@H]2CC[C@]3(O[N+](=O)[O-])C(=O)COC(C)=O)[C@@]2(C)CCC(=O)C=C12. The van der Waals surface area contributed by atoms with Crippen molar-refractivity contribution in [2.24, 2.45) is 28.6 Å². The van der Waals surface area contributed by atoms with Crippen LogP contribution in [-0.2, 0) is 28.8 Å². The smallest absolute Gasteiger partial charge is 0.303 e. The van der Waals surface area contributed by atoms with Crippen molar-refractivity contribution in [3.8, 4) is 0 Å². The molecule has 0 aromatic heterocycles. The third-order valence-electron chi connectivity index (χ3n) is 9.27. The number of ether oxygens (including phenoxy) is 1. The number of hydrogen-bond acceptors (Lipinski definition) is 10. The number of fused-ring (bicyclic) bond motifs is 5. The average molecular weight is 507 g/mol. The second-order valence-electron chi connectivity index (χ2n) is 10.9. The van der Waals surface area contributed by atoms with Crippen LogP contribution in [0.2, 0.25) is 0 Å². The summed E-state index contributed by atoms with van der Waals surface area (Å²) in [5.74, 6) is -2.42. The Bertz CT molecular complexity index is 1080. The van der Waals surface area contributed by atoms with Crippen LogP contribution in [0.4, 0.5) is 0 Å². The van der Waals surface area contributed by atoms with E-state index < -0.39 is 51.1 Å². The van der Waals surface area contributed by atoms with Crippen molar-refractivity contribution < 1.29 is 39.0 Å². The van der Waals surface area contributed by atoms with Crippen LogP contribution >= 0.6 is 0 Å². The maximum Gasteiger partial charge on any atom is 0.303 e. The minimum atomic E-state index is -1.96. The zero-order valence-electron chi connectivity index (χ0n) is 20.5. The van der Waals surface area contributed by atoms with Crippen molar-refractivity contribution in [3.05, 3.63) is 44.0 Å². The molecule has 4 rings (SSSR count). The maximum atomic E-state index is 13.4. The van der Waals surface area contributed by atoms with Gasteiger partial charge in [0.2, 0.25) is 5.78 Å². The first-order valence-corrected chi connectivity index (χ1v) is 12.0. The molecule has 3 saturated carbocycles. The third-order valence-corrected chi connectivity index (χ3v) is 9.27. The summed E-state index contributed by atoms with van der Waals surface area (Å²) in [6.07, 6.45) is 2.08. The fourth-order valence-electron chi connectivity index (χ4n) is 7.93. The molecule has 0 amide bonds. The molecule has 12 heteroatoms. The minimum Gasteiger partial charge on any atom is -0.458 e. The van der Waals surface area contributed by atoms with E-state index in [0.29, 0.717) is 25.7 Å².